The van der Waals surface area contributed by atoms with Crippen LogP contribution in [0.1, 0.15) is 12.0 Å². The first-order chi connectivity index (χ1) is 6.49. The first-order valence-electron chi connectivity index (χ1n) is 4.26. The quantitative estimate of drug-likeness (QED) is 0.772. The largest absolute Gasteiger partial charge is 0.508 e. The minimum Gasteiger partial charge on any atom is -0.508 e. The van der Waals surface area contributed by atoms with Gasteiger partial charge in [-0.15, -0.1) is 0 Å². The van der Waals surface area contributed by atoms with Crippen molar-refractivity contribution in [1.29, 1.82) is 0 Å². The molecule has 0 saturated heterocycles. The van der Waals surface area contributed by atoms with Crippen molar-refractivity contribution >= 4 is 10.0 Å². The lowest BCUT2D eigenvalue weighted by Gasteiger charge is -2.02. The lowest BCUT2D eigenvalue weighted by molar-refractivity contribution is 0.467. The van der Waals surface area contributed by atoms with Crippen molar-refractivity contribution in [3.63, 3.8) is 0 Å². The third kappa shape index (κ3) is 3.76. The van der Waals surface area contributed by atoms with Gasteiger partial charge in [0.05, 0.1) is 5.75 Å². The maximum Gasteiger partial charge on any atom is 0.209 e. The van der Waals surface area contributed by atoms with Crippen LogP contribution < -0.4 is 5.14 Å². The molecule has 1 aromatic carbocycles. The monoisotopic (exact) mass is 215 g/mol. The number of hydrogen-bond acceptors (Lipinski definition) is 3. The summed E-state index contributed by atoms with van der Waals surface area (Å²) in [6.45, 7) is 0. The Morgan fingerprint density at radius 3 is 2.50 bits per heavy atom. The molecule has 0 radical (unpaired) electrons. The summed E-state index contributed by atoms with van der Waals surface area (Å²) in [4.78, 5) is 0. The van der Waals surface area contributed by atoms with Crippen LogP contribution in [0.3, 0.4) is 0 Å². The van der Waals surface area contributed by atoms with E-state index < -0.39 is 10.0 Å². The zero-order valence-electron chi connectivity index (χ0n) is 7.68. The normalized spacial score (nSPS) is 11.5. The Morgan fingerprint density at radius 1 is 1.29 bits per heavy atom. The average Bonchev–Trinajstić information content (AvgIpc) is 2.06. The van der Waals surface area contributed by atoms with E-state index in [1.54, 1.807) is 24.3 Å². The molecule has 0 aliphatic heterocycles. The maximum atomic E-state index is 10.6. The predicted octanol–water partition coefficient (Wildman–Crippen LogP) is 0.613. The molecule has 0 fully saturated rings. The molecule has 0 aliphatic carbocycles. The predicted molar refractivity (Wildman–Crippen MR) is 54.4 cm³/mol. The van der Waals surface area contributed by atoms with Gasteiger partial charge in [-0.1, -0.05) is 18.2 Å². The number of sulfonamides is 1. The SMILES string of the molecule is NS(=O)(=O)CCCc1ccccc1O. The molecule has 4 nitrogen and oxygen atoms in total. The van der Waals surface area contributed by atoms with E-state index in [4.69, 9.17) is 5.14 Å². The van der Waals surface area contributed by atoms with Crippen LogP contribution in [0.2, 0.25) is 0 Å². The lowest BCUT2D eigenvalue weighted by Crippen LogP contribution is -2.16. The fourth-order valence-corrected chi connectivity index (χ4v) is 1.73. The molecule has 1 rings (SSSR count). The van der Waals surface area contributed by atoms with Crippen LogP contribution in [-0.4, -0.2) is 19.3 Å². The molecule has 78 valence electrons. The lowest BCUT2D eigenvalue weighted by atomic mass is 10.1. The molecule has 0 heterocycles. The van der Waals surface area contributed by atoms with Crippen LogP contribution in [0.4, 0.5) is 0 Å². The highest BCUT2D eigenvalue weighted by Gasteiger charge is 2.04. The Labute approximate surface area is 83.4 Å². The van der Waals surface area contributed by atoms with Crippen LogP contribution in [0, 0.1) is 0 Å². The van der Waals surface area contributed by atoms with Crippen LogP contribution in [0.25, 0.3) is 0 Å². The van der Waals surface area contributed by atoms with Gasteiger partial charge in [0.2, 0.25) is 10.0 Å². The number of phenolic OH excluding ortho intramolecular Hbond substituents is 1. The highest BCUT2D eigenvalue weighted by molar-refractivity contribution is 7.89. The first kappa shape index (κ1) is 11.0. The highest BCUT2D eigenvalue weighted by Crippen LogP contribution is 2.17. The highest BCUT2D eigenvalue weighted by atomic mass is 32.2. The zero-order chi connectivity index (χ0) is 10.6. The van der Waals surface area contributed by atoms with E-state index in [0.29, 0.717) is 12.8 Å². The summed E-state index contributed by atoms with van der Waals surface area (Å²) in [5.74, 6) is 0.142. The number of para-hydroxylation sites is 1. The Balaban J connectivity index is 2.51. The second-order valence-electron chi connectivity index (χ2n) is 3.10. The van der Waals surface area contributed by atoms with Gasteiger partial charge in [-0.25, -0.2) is 13.6 Å². The molecule has 0 atom stereocenters. The summed E-state index contributed by atoms with van der Waals surface area (Å²) < 4.78 is 21.2. The van der Waals surface area contributed by atoms with Gasteiger partial charge in [-0.3, -0.25) is 0 Å². The summed E-state index contributed by atoms with van der Waals surface area (Å²) in [6, 6.07) is 6.86. The van der Waals surface area contributed by atoms with Crippen molar-refractivity contribution in [2.45, 2.75) is 12.8 Å². The van der Waals surface area contributed by atoms with Gasteiger partial charge in [-0.2, -0.15) is 0 Å². The maximum absolute atomic E-state index is 10.6. The smallest absolute Gasteiger partial charge is 0.209 e. The number of phenols is 1. The molecular formula is C9H13NO3S. The van der Waals surface area contributed by atoms with Crippen molar-refractivity contribution < 1.29 is 13.5 Å². The number of aryl methyl sites for hydroxylation is 1. The molecular weight excluding hydrogens is 202 g/mol. The van der Waals surface area contributed by atoms with Crippen molar-refractivity contribution in [3.8, 4) is 5.75 Å². The minimum absolute atomic E-state index is 0.0542. The number of hydrogen-bond donors (Lipinski definition) is 2. The van der Waals surface area contributed by atoms with E-state index in [2.05, 4.69) is 0 Å². The van der Waals surface area contributed by atoms with Gasteiger partial charge < -0.3 is 5.11 Å². The fraction of sp³-hybridized carbons (Fsp3) is 0.333. The van der Waals surface area contributed by atoms with Gasteiger partial charge in [0.25, 0.3) is 0 Å². The fourth-order valence-electron chi connectivity index (χ4n) is 1.19. The van der Waals surface area contributed by atoms with E-state index >= 15 is 0 Å². The van der Waals surface area contributed by atoms with Crippen molar-refractivity contribution in [1.82, 2.24) is 0 Å². The van der Waals surface area contributed by atoms with E-state index in [1.807, 2.05) is 0 Å². The van der Waals surface area contributed by atoms with Gasteiger partial charge in [0.1, 0.15) is 5.75 Å². The Kier molecular flexibility index (Phi) is 3.49. The Bertz CT molecular complexity index is 400. The molecule has 0 unspecified atom stereocenters. The number of primary sulfonamides is 1. The average molecular weight is 215 g/mol. The number of nitrogens with two attached hydrogens (primary N) is 1. The number of benzene rings is 1. The molecule has 1 aromatic rings. The van der Waals surface area contributed by atoms with E-state index in [0.717, 1.165) is 5.56 Å². The molecule has 14 heavy (non-hydrogen) atoms. The van der Waals surface area contributed by atoms with Crippen LogP contribution in [0.5, 0.6) is 5.75 Å². The second kappa shape index (κ2) is 4.43. The summed E-state index contributed by atoms with van der Waals surface area (Å²) >= 11 is 0. The summed E-state index contributed by atoms with van der Waals surface area (Å²) in [7, 11) is -3.39. The summed E-state index contributed by atoms with van der Waals surface area (Å²) in [6.07, 6.45) is 0.944. The molecule has 0 saturated carbocycles. The van der Waals surface area contributed by atoms with Gasteiger partial charge in [0.15, 0.2) is 0 Å². The molecule has 0 aliphatic rings. The van der Waals surface area contributed by atoms with Crippen LogP contribution >= 0.6 is 0 Å². The number of rotatable bonds is 4. The third-order valence-electron chi connectivity index (χ3n) is 1.87. The third-order valence-corrected chi connectivity index (χ3v) is 2.72. The Morgan fingerprint density at radius 2 is 1.93 bits per heavy atom. The summed E-state index contributed by atoms with van der Waals surface area (Å²) in [5, 5.41) is 14.2. The van der Waals surface area contributed by atoms with Crippen LogP contribution in [-0.2, 0) is 16.4 Å². The molecule has 0 bridgehead atoms. The molecule has 5 heteroatoms. The van der Waals surface area contributed by atoms with E-state index in [9.17, 15) is 13.5 Å². The molecule has 0 spiro atoms. The molecule has 0 amide bonds. The van der Waals surface area contributed by atoms with Crippen molar-refractivity contribution in [3.05, 3.63) is 29.8 Å². The zero-order valence-corrected chi connectivity index (χ0v) is 8.50. The van der Waals surface area contributed by atoms with Gasteiger partial charge in [-0.05, 0) is 24.5 Å². The van der Waals surface area contributed by atoms with Gasteiger partial charge in [0, 0.05) is 0 Å². The Hall–Kier alpha value is -1.07. The first-order valence-corrected chi connectivity index (χ1v) is 5.98. The van der Waals surface area contributed by atoms with Crippen molar-refractivity contribution in [2.75, 3.05) is 5.75 Å². The topological polar surface area (TPSA) is 80.4 Å². The molecule has 3 N–H and O–H groups in total. The standard InChI is InChI=1S/C9H13NO3S/c10-14(12,13)7-3-5-8-4-1-2-6-9(8)11/h1-2,4,6,11H,3,5,7H2,(H2,10,12,13). The molecule has 0 aromatic heterocycles. The van der Waals surface area contributed by atoms with E-state index in [1.165, 1.54) is 0 Å². The number of aromatic hydroxyl groups is 1. The summed E-state index contributed by atoms with van der Waals surface area (Å²) in [5.41, 5.74) is 0.746. The van der Waals surface area contributed by atoms with E-state index in [-0.39, 0.29) is 11.5 Å². The second-order valence-corrected chi connectivity index (χ2v) is 4.83. The van der Waals surface area contributed by atoms with Crippen LogP contribution in [0.15, 0.2) is 24.3 Å². The van der Waals surface area contributed by atoms with Crippen molar-refractivity contribution in [2.24, 2.45) is 5.14 Å². The minimum atomic E-state index is -3.39. The van der Waals surface area contributed by atoms with Gasteiger partial charge >= 0.3 is 0 Å².